The predicted molar refractivity (Wildman–Crippen MR) is 81.3 cm³/mol. The normalized spacial score (nSPS) is 12.7. The minimum Gasteiger partial charge on any atom is -0.388 e. The highest BCUT2D eigenvalue weighted by molar-refractivity contribution is 9.11. The zero-order valence-electron chi connectivity index (χ0n) is 10.8. The van der Waals surface area contributed by atoms with Crippen LogP contribution >= 0.6 is 27.3 Å². The Morgan fingerprint density at radius 2 is 1.94 bits per heavy atom. The molecule has 0 aliphatic carbocycles. The van der Waals surface area contributed by atoms with Gasteiger partial charge in [-0.2, -0.15) is 0 Å². The molecule has 0 aliphatic heterocycles. The Hall–Kier alpha value is -0.640. The van der Waals surface area contributed by atoms with E-state index < -0.39 is 6.10 Å². The molecule has 2 rings (SSSR count). The highest BCUT2D eigenvalue weighted by Crippen LogP contribution is 2.32. The molecule has 18 heavy (non-hydrogen) atoms. The van der Waals surface area contributed by atoms with Gasteiger partial charge >= 0.3 is 0 Å². The van der Waals surface area contributed by atoms with Crippen molar-refractivity contribution in [2.75, 3.05) is 0 Å². The summed E-state index contributed by atoms with van der Waals surface area (Å²) in [6, 6.07) is 8.41. The Bertz CT molecular complexity index is 560. The van der Waals surface area contributed by atoms with Crippen LogP contribution in [-0.4, -0.2) is 5.11 Å². The van der Waals surface area contributed by atoms with Gasteiger partial charge in [0.15, 0.2) is 0 Å². The summed E-state index contributed by atoms with van der Waals surface area (Å²) < 4.78 is 1.08. The summed E-state index contributed by atoms with van der Waals surface area (Å²) in [6.07, 6.45) is 0.255. The van der Waals surface area contributed by atoms with E-state index >= 15 is 0 Å². The van der Waals surface area contributed by atoms with Crippen molar-refractivity contribution in [3.8, 4) is 0 Å². The van der Waals surface area contributed by atoms with E-state index in [9.17, 15) is 5.11 Å². The van der Waals surface area contributed by atoms with Crippen LogP contribution in [0.1, 0.15) is 33.2 Å². The fraction of sp³-hybridized carbons (Fsp3) is 0.333. The summed E-state index contributed by atoms with van der Waals surface area (Å²) in [6.45, 7) is 6.23. The number of benzene rings is 1. The molecule has 1 atom stereocenters. The van der Waals surface area contributed by atoms with Gasteiger partial charge in [-0.15, -0.1) is 11.3 Å². The highest BCUT2D eigenvalue weighted by atomic mass is 79.9. The Kier molecular flexibility index (Phi) is 4.25. The maximum absolute atomic E-state index is 10.4. The molecule has 0 bridgehead atoms. The van der Waals surface area contributed by atoms with Gasteiger partial charge in [-0.25, -0.2) is 0 Å². The smallest absolute Gasteiger partial charge is 0.0841 e. The van der Waals surface area contributed by atoms with Crippen molar-refractivity contribution in [2.45, 2.75) is 33.3 Å². The van der Waals surface area contributed by atoms with Crippen molar-refractivity contribution in [1.82, 2.24) is 0 Å². The molecular weight excluding hydrogens is 308 g/mol. The van der Waals surface area contributed by atoms with Crippen LogP contribution < -0.4 is 0 Å². The number of aliphatic hydroxyl groups is 1. The van der Waals surface area contributed by atoms with Gasteiger partial charge in [-0.05, 0) is 59.5 Å². The van der Waals surface area contributed by atoms with E-state index in [-0.39, 0.29) is 0 Å². The van der Waals surface area contributed by atoms with Crippen molar-refractivity contribution in [3.63, 3.8) is 0 Å². The van der Waals surface area contributed by atoms with Gasteiger partial charge in [0.2, 0.25) is 0 Å². The standard InChI is InChI=1S/C15H17BrOS/c1-9-4-5-10(2)12(6-9)7-14(17)13-8-15(16)18-11(13)3/h4-6,8,14,17H,7H2,1-3H3. The molecular formula is C15H17BrOS. The molecule has 1 unspecified atom stereocenters. The molecule has 0 aliphatic rings. The number of aliphatic hydroxyl groups excluding tert-OH is 1. The van der Waals surface area contributed by atoms with Crippen molar-refractivity contribution in [2.24, 2.45) is 0 Å². The van der Waals surface area contributed by atoms with Crippen molar-refractivity contribution >= 4 is 27.3 Å². The van der Waals surface area contributed by atoms with E-state index in [4.69, 9.17) is 0 Å². The summed E-state index contributed by atoms with van der Waals surface area (Å²) in [5.74, 6) is 0. The maximum Gasteiger partial charge on any atom is 0.0841 e. The van der Waals surface area contributed by atoms with Gasteiger partial charge in [-0.3, -0.25) is 0 Å². The number of thiophene rings is 1. The van der Waals surface area contributed by atoms with E-state index in [1.165, 1.54) is 21.6 Å². The van der Waals surface area contributed by atoms with E-state index in [2.05, 4.69) is 54.9 Å². The third-order valence-electron chi connectivity index (χ3n) is 3.20. The average Bonchev–Trinajstić information content (AvgIpc) is 2.63. The van der Waals surface area contributed by atoms with Gasteiger partial charge in [0.25, 0.3) is 0 Å². The van der Waals surface area contributed by atoms with Gasteiger partial charge in [0.1, 0.15) is 0 Å². The average molecular weight is 325 g/mol. The molecule has 0 fully saturated rings. The van der Waals surface area contributed by atoms with Gasteiger partial charge in [-0.1, -0.05) is 23.8 Å². The molecule has 1 nitrogen and oxygen atoms in total. The quantitative estimate of drug-likeness (QED) is 0.866. The number of halogens is 1. The van der Waals surface area contributed by atoms with E-state index in [0.29, 0.717) is 6.42 Å². The second-order valence-corrected chi connectivity index (χ2v) is 7.35. The van der Waals surface area contributed by atoms with Crippen LogP contribution in [0.2, 0.25) is 0 Å². The lowest BCUT2D eigenvalue weighted by molar-refractivity contribution is 0.178. The third kappa shape index (κ3) is 3.02. The lowest BCUT2D eigenvalue weighted by Gasteiger charge is -2.13. The monoisotopic (exact) mass is 324 g/mol. The zero-order valence-corrected chi connectivity index (χ0v) is 13.2. The van der Waals surface area contributed by atoms with Gasteiger partial charge in [0, 0.05) is 11.3 Å². The SMILES string of the molecule is Cc1ccc(C)c(CC(O)c2cc(Br)sc2C)c1. The van der Waals surface area contributed by atoms with Crippen LogP contribution in [0, 0.1) is 20.8 Å². The lowest BCUT2D eigenvalue weighted by Crippen LogP contribution is -2.03. The highest BCUT2D eigenvalue weighted by Gasteiger charge is 2.15. The summed E-state index contributed by atoms with van der Waals surface area (Å²) in [5.41, 5.74) is 4.75. The number of hydrogen-bond acceptors (Lipinski definition) is 2. The molecule has 96 valence electrons. The minimum absolute atomic E-state index is 0.423. The van der Waals surface area contributed by atoms with E-state index in [1.807, 2.05) is 6.07 Å². The Labute approximate surface area is 121 Å². The molecule has 0 saturated carbocycles. The van der Waals surface area contributed by atoms with Crippen LogP contribution in [0.3, 0.4) is 0 Å². The molecule has 3 heteroatoms. The summed E-state index contributed by atoms with van der Waals surface area (Å²) in [4.78, 5) is 1.18. The first-order valence-electron chi connectivity index (χ1n) is 5.97. The Balaban J connectivity index is 2.23. The summed E-state index contributed by atoms with van der Waals surface area (Å²) in [5, 5.41) is 10.4. The zero-order chi connectivity index (χ0) is 13.3. The first-order chi connectivity index (χ1) is 8.47. The molecule has 1 aromatic heterocycles. The first-order valence-corrected chi connectivity index (χ1v) is 7.58. The van der Waals surface area contributed by atoms with Crippen molar-refractivity contribution in [1.29, 1.82) is 0 Å². The fourth-order valence-corrected chi connectivity index (χ4v) is 3.89. The summed E-state index contributed by atoms with van der Waals surface area (Å²) in [7, 11) is 0. The minimum atomic E-state index is -0.423. The molecule has 0 spiro atoms. The first kappa shape index (κ1) is 13.8. The number of rotatable bonds is 3. The largest absolute Gasteiger partial charge is 0.388 e. The number of aryl methyl sites for hydroxylation is 3. The predicted octanol–water partition coefficient (Wildman–Crippen LogP) is 4.71. The molecule has 1 heterocycles. The number of hydrogen-bond donors (Lipinski definition) is 1. The Morgan fingerprint density at radius 1 is 1.22 bits per heavy atom. The molecule has 1 aromatic carbocycles. The van der Waals surface area contributed by atoms with Crippen LogP contribution in [0.5, 0.6) is 0 Å². The molecule has 2 aromatic rings. The van der Waals surface area contributed by atoms with E-state index in [1.54, 1.807) is 11.3 Å². The van der Waals surface area contributed by atoms with Crippen LogP contribution in [0.4, 0.5) is 0 Å². The van der Waals surface area contributed by atoms with Crippen LogP contribution in [-0.2, 0) is 6.42 Å². The molecule has 0 saturated heterocycles. The van der Waals surface area contributed by atoms with Crippen LogP contribution in [0.25, 0.3) is 0 Å². The summed E-state index contributed by atoms with van der Waals surface area (Å²) >= 11 is 5.14. The van der Waals surface area contributed by atoms with Gasteiger partial charge in [0.05, 0.1) is 9.89 Å². The molecule has 1 N–H and O–H groups in total. The van der Waals surface area contributed by atoms with Gasteiger partial charge < -0.3 is 5.11 Å². The molecule has 0 amide bonds. The molecule has 0 radical (unpaired) electrons. The second kappa shape index (κ2) is 5.55. The second-order valence-electron chi connectivity index (χ2n) is 4.71. The fourth-order valence-electron chi connectivity index (χ4n) is 2.13. The topological polar surface area (TPSA) is 20.2 Å². The van der Waals surface area contributed by atoms with Crippen molar-refractivity contribution < 1.29 is 5.11 Å². The van der Waals surface area contributed by atoms with Crippen molar-refractivity contribution in [3.05, 3.63) is 55.2 Å². The lowest BCUT2D eigenvalue weighted by atomic mass is 9.97. The van der Waals surface area contributed by atoms with E-state index in [0.717, 1.165) is 9.35 Å². The third-order valence-corrected chi connectivity index (χ3v) is 4.77. The van der Waals surface area contributed by atoms with Crippen LogP contribution in [0.15, 0.2) is 28.1 Å². The maximum atomic E-state index is 10.4. The Morgan fingerprint density at radius 3 is 2.56 bits per heavy atom.